The highest BCUT2D eigenvalue weighted by atomic mass is 127. The number of rotatable bonds is 7. The van der Waals surface area contributed by atoms with Crippen LogP contribution in [0.3, 0.4) is 0 Å². The molecule has 0 bridgehead atoms. The zero-order chi connectivity index (χ0) is 20.7. The summed E-state index contributed by atoms with van der Waals surface area (Å²) in [6, 6.07) is 9.02. The number of carbonyl (C=O) groups is 2. The highest BCUT2D eigenvalue weighted by Crippen LogP contribution is 2.31. The van der Waals surface area contributed by atoms with E-state index in [4.69, 9.17) is 9.47 Å². The van der Waals surface area contributed by atoms with E-state index in [-0.39, 0.29) is 11.7 Å². The van der Waals surface area contributed by atoms with E-state index in [1.54, 1.807) is 43.3 Å². The van der Waals surface area contributed by atoms with E-state index in [1.165, 1.54) is 20.4 Å². The van der Waals surface area contributed by atoms with Gasteiger partial charge in [-0.2, -0.15) is 5.10 Å². The Bertz CT molecular complexity index is 884. The Balaban J connectivity index is 1.94. The molecule has 2 rings (SSSR count). The summed E-state index contributed by atoms with van der Waals surface area (Å²) in [7, 11) is 2.98. The lowest BCUT2D eigenvalue weighted by atomic mass is 10.2. The average molecular weight is 497 g/mol. The van der Waals surface area contributed by atoms with Crippen LogP contribution in [-0.4, -0.2) is 43.4 Å². The molecule has 0 aliphatic carbocycles. The van der Waals surface area contributed by atoms with Crippen molar-refractivity contribution in [2.45, 2.75) is 13.0 Å². The third kappa shape index (κ3) is 5.59. The van der Waals surface area contributed by atoms with Crippen LogP contribution in [0.4, 0.5) is 0 Å². The lowest BCUT2D eigenvalue weighted by Gasteiger charge is -2.12. The summed E-state index contributed by atoms with van der Waals surface area (Å²) < 4.78 is 10.7. The molecular formula is C19H20IN3O5. The van der Waals surface area contributed by atoms with Crippen LogP contribution in [0.25, 0.3) is 0 Å². The molecule has 8 nitrogen and oxygen atoms in total. The van der Waals surface area contributed by atoms with Gasteiger partial charge >= 0.3 is 0 Å². The third-order valence-electron chi connectivity index (χ3n) is 3.75. The van der Waals surface area contributed by atoms with Crippen molar-refractivity contribution in [3.8, 4) is 17.2 Å². The van der Waals surface area contributed by atoms with Crippen molar-refractivity contribution < 1.29 is 24.2 Å². The van der Waals surface area contributed by atoms with Gasteiger partial charge in [-0.1, -0.05) is 0 Å². The monoisotopic (exact) mass is 497 g/mol. The number of hydrogen-bond acceptors (Lipinski definition) is 6. The molecule has 9 heteroatoms. The van der Waals surface area contributed by atoms with Crippen LogP contribution in [0.5, 0.6) is 17.2 Å². The van der Waals surface area contributed by atoms with Gasteiger partial charge in [-0.15, -0.1) is 0 Å². The third-order valence-corrected chi connectivity index (χ3v) is 4.57. The highest BCUT2D eigenvalue weighted by molar-refractivity contribution is 14.1. The first-order chi connectivity index (χ1) is 13.3. The maximum absolute atomic E-state index is 12.2. The molecule has 0 aliphatic heterocycles. The minimum atomic E-state index is -0.791. The molecule has 3 N–H and O–H groups in total. The second kappa shape index (κ2) is 9.93. The Hall–Kier alpha value is -2.82. The molecule has 0 saturated heterocycles. The standard InChI is InChI=1S/C19H20IN3O5/c1-11(22-19(26)13-4-6-14(27-2)7-5-13)18(25)23-21-10-12-8-15(20)17(24)16(9-12)28-3/h4-11,24H,1-3H3,(H,22,26)(H,23,25). The smallest absolute Gasteiger partial charge is 0.262 e. The zero-order valence-corrected chi connectivity index (χ0v) is 17.7. The number of nitrogens with zero attached hydrogens (tertiary/aromatic N) is 1. The van der Waals surface area contributed by atoms with E-state index >= 15 is 0 Å². The molecule has 0 saturated carbocycles. The lowest BCUT2D eigenvalue weighted by Crippen LogP contribution is -2.43. The number of hydrogen-bond donors (Lipinski definition) is 3. The van der Waals surface area contributed by atoms with Gasteiger partial charge in [0, 0.05) is 5.56 Å². The first-order valence-electron chi connectivity index (χ1n) is 8.20. The maximum atomic E-state index is 12.2. The van der Waals surface area contributed by atoms with Crippen LogP contribution in [0, 0.1) is 3.57 Å². The second-order valence-electron chi connectivity index (χ2n) is 5.71. The van der Waals surface area contributed by atoms with Crippen LogP contribution in [-0.2, 0) is 4.79 Å². The van der Waals surface area contributed by atoms with E-state index in [0.717, 1.165) is 0 Å². The van der Waals surface area contributed by atoms with Gasteiger partial charge in [0.1, 0.15) is 11.8 Å². The predicted molar refractivity (Wildman–Crippen MR) is 113 cm³/mol. The quantitative estimate of drug-likeness (QED) is 0.309. The summed E-state index contributed by atoms with van der Waals surface area (Å²) in [5.74, 6) is 0.127. The van der Waals surface area contributed by atoms with E-state index in [9.17, 15) is 14.7 Å². The number of ether oxygens (including phenoxy) is 2. The van der Waals surface area contributed by atoms with E-state index in [0.29, 0.717) is 26.2 Å². The Morgan fingerprint density at radius 1 is 1.18 bits per heavy atom. The molecule has 2 aromatic rings. The van der Waals surface area contributed by atoms with Crippen LogP contribution in [0.1, 0.15) is 22.8 Å². The molecular weight excluding hydrogens is 477 g/mol. The first-order valence-corrected chi connectivity index (χ1v) is 9.28. The number of carbonyl (C=O) groups excluding carboxylic acids is 2. The number of benzene rings is 2. The van der Waals surface area contributed by atoms with Gasteiger partial charge in [-0.3, -0.25) is 9.59 Å². The number of halogens is 1. The largest absolute Gasteiger partial charge is 0.504 e. The minimum absolute atomic E-state index is 0.0409. The summed E-state index contributed by atoms with van der Waals surface area (Å²) >= 11 is 1.96. The summed E-state index contributed by atoms with van der Waals surface area (Å²) in [4.78, 5) is 24.3. The fourth-order valence-corrected chi connectivity index (χ4v) is 2.80. The number of nitrogens with one attached hydrogen (secondary N) is 2. The summed E-state index contributed by atoms with van der Waals surface area (Å²) in [5.41, 5.74) is 3.41. The predicted octanol–water partition coefficient (Wildman–Crippen LogP) is 2.28. The Morgan fingerprint density at radius 2 is 1.86 bits per heavy atom. The minimum Gasteiger partial charge on any atom is -0.504 e. The van der Waals surface area contributed by atoms with Gasteiger partial charge in [-0.25, -0.2) is 5.43 Å². The fourth-order valence-electron chi connectivity index (χ4n) is 2.18. The lowest BCUT2D eigenvalue weighted by molar-refractivity contribution is -0.122. The molecule has 0 radical (unpaired) electrons. The zero-order valence-electron chi connectivity index (χ0n) is 15.5. The number of phenolic OH excluding ortho intramolecular Hbond substituents is 1. The molecule has 1 unspecified atom stereocenters. The van der Waals surface area contributed by atoms with E-state index in [2.05, 4.69) is 15.8 Å². The SMILES string of the molecule is COc1ccc(C(=O)NC(C)C(=O)NN=Cc2cc(I)c(O)c(OC)c2)cc1. The molecule has 0 fully saturated rings. The summed E-state index contributed by atoms with van der Waals surface area (Å²) in [6.07, 6.45) is 1.42. The number of amides is 2. The Labute approximate surface area is 176 Å². The van der Waals surface area contributed by atoms with Crippen molar-refractivity contribution in [1.29, 1.82) is 0 Å². The molecule has 148 valence electrons. The van der Waals surface area contributed by atoms with Gasteiger partial charge < -0.3 is 19.9 Å². The maximum Gasteiger partial charge on any atom is 0.262 e. The molecule has 2 aromatic carbocycles. The van der Waals surface area contributed by atoms with Gasteiger partial charge in [0.2, 0.25) is 0 Å². The molecule has 0 spiro atoms. The van der Waals surface area contributed by atoms with Crippen LogP contribution in [0.15, 0.2) is 41.5 Å². The van der Waals surface area contributed by atoms with Gasteiger partial charge in [-0.05, 0) is 71.5 Å². The average Bonchev–Trinajstić information content (AvgIpc) is 2.70. The van der Waals surface area contributed by atoms with Crippen molar-refractivity contribution >= 4 is 40.6 Å². The van der Waals surface area contributed by atoms with Crippen LogP contribution < -0.4 is 20.2 Å². The molecule has 0 aromatic heterocycles. The normalized spacial score (nSPS) is 11.7. The van der Waals surface area contributed by atoms with Crippen molar-refractivity contribution in [3.63, 3.8) is 0 Å². The Kier molecular flexibility index (Phi) is 7.61. The van der Waals surface area contributed by atoms with Gasteiger partial charge in [0.05, 0.1) is 24.0 Å². The van der Waals surface area contributed by atoms with Gasteiger partial charge in [0.15, 0.2) is 11.5 Å². The van der Waals surface area contributed by atoms with Gasteiger partial charge in [0.25, 0.3) is 11.8 Å². The second-order valence-corrected chi connectivity index (χ2v) is 6.87. The van der Waals surface area contributed by atoms with E-state index < -0.39 is 11.9 Å². The van der Waals surface area contributed by atoms with Crippen molar-refractivity contribution in [2.24, 2.45) is 5.10 Å². The van der Waals surface area contributed by atoms with E-state index in [1.807, 2.05) is 22.6 Å². The van der Waals surface area contributed by atoms with Crippen molar-refractivity contribution in [1.82, 2.24) is 10.7 Å². The number of phenols is 1. The fraction of sp³-hybridized carbons (Fsp3) is 0.211. The molecule has 0 heterocycles. The topological polar surface area (TPSA) is 109 Å². The number of methoxy groups -OCH3 is 2. The van der Waals surface area contributed by atoms with Crippen LogP contribution in [0.2, 0.25) is 0 Å². The summed E-state index contributed by atoms with van der Waals surface area (Å²) in [5, 5.41) is 16.3. The van der Waals surface area contributed by atoms with Crippen molar-refractivity contribution in [2.75, 3.05) is 14.2 Å². The number of hydrazone groups is 1. The highest BCUT2D eigenvalue weighted by Gasteiger charge is 2.16. The molecule has 0 aliphatic rings. The molecule has 28 heavy (non-hydrogen) atoms. The Morgan fingerprint density at radius 3 is 2.46 bits per heavy atom. The number of aromatic hydroxyl groups is 1. The van der Waals surface area contributed by atoms with Crippen molar-refractivity contribution in [3.05, 3.63) is 51.1 Å². The molecule has 2 amide bonds. The first kappa shape index (κ1) is 21.5. The molecule has 1 atom stereocenters. The summed E-state index contributed by atoms with van der Waals surface area (Å²) in [6.45, 7) is 1.55. The van der Waals surface area contributed by atoms with Crippen LogP contribution >= 0.6 is 22.6 Å².